The third kappa shape index (κ3) is 7.88. The molecule has 1 heterocycles. The van der Waals surface area contributed by atoms with Crippen LogP contribution in [-0.2, 0) is 16.0 Å². The standard InChI is InChI=1S/C26H31N5O3/c1-17-14-18(2)28-24(27-17)30-21-13-9-12-20(16-21)29-23(32)22(15-19-10-7-6-8-11-19)31-25(33)34-26(3,4)5/h6-14,16,22H,15H2,1-5H3,(H,29,32)(H,31,33)(H,27,28,30). The zero-order chi connectivity index (χ0) is 24.7. The van der Waals surface area contributed by atoms with Crippen molar-refractivity contribution in [3.8, 4) is 0 Å². The van der Waals surface area contributed by atoms with Crippen molar-refractivity contribution in [2.45, 2.75) is 52.7 Å². The number of hydrogen-bond acceptors (Lipinski definition) is 6. The van der Waals surface area contributed by atoms with E-state index in [0.29, 0.717) is 18.1 Å². The van der Waals surface area contributed by atoms with Crippen LogP contribution in [0.15, 0.2) is 60.7 Å². The van der Waals surface area contributed by atoms with Crippen LogP contribution in [0.3, 0.4) is 0 Å². The summed E-state index contributed by atoms with van der Waals surface area (Å²) < 4.78 is 5.36. The molecule has 0 aliphatic heterocycles. The van der Waals surface area contributed by atoms with Gasteiger partial charge in [0.2, 0.25) is 11.9 Å². The average Bonchev–Trinajstić information content (AvgIpc) is 2.72. The van der Waals surface area contributed by atoms with E-state index >= 15 is 0 Å². The number of ether oxygens (including phenoxy) is 1. The number of benzene rings is 2. The fourth-order valence-electron chi connectivity index (χ4n) is 3.32. The molecule has 0 saturated heterocycles. The molecule has 2 amide bonds. The predicted molar refractivity (Wildman–Crippen MR) is 133 cm³/mol. The summed E-state index contributed by atoms with van der Waals surface area (Å²) in [6.45, 7) is 9.13. The van der Waals surface area contributed by atoms with E-state index in [0.717, 1.165) is 22.6 Å². The Morgan fingerprint density at radius 1 is 0.912 bits per heavy atom. The number of aromatic nitrogens is 2. The molecule has 2 aromatic carbocycles. The van der Waals surface area contributed by atoms with Crippen LogP contribution >= 0.6 is 0 Å². The van der Waals surface area contributed by atoms with Gasteiger partial charge in [-0.15, -0.1) is 0 Å². The highest BCUT2D eigenvalue weighted by molar-refractivity contribution is 5.97. The van der Waals surface area contributed by atoms with Crippen molar-refractivity contribution in [2.75, 3.05) is 10.6 Å². The van der Waals surface area contributed by atoms with E-state index in [1.807, 2.05) is 62.4 Å². The summed E-state index contributed by atoms with van der Waals surface area (Å²) in [7, 11) is 0. The molecule has 0 fully saturated rings. The lowest BCUT2D eigenvalue weighted by Gasteiger charge is -2.23. The zero-order valence-electron chi connectivity index (χ0n) is 20.2. The maximum atomic E-state index is 13.2. The van der Waals surface area contributed by atoms with Crippen LogP contribution in [0.25, 0.3) is 0 Å². The van der Waals surface area contributed by atoms with Gasteiger partial charge in [-0.2, -0.15) is 0 Å². The number of aryl methyl sites for hydroxylation is 2. The first-order chi connectivity index (χ1) is 16.1. The number of anilines is 3. The highest BCUT2D eigenvalue weighted by Crippen LogP contribution is 2.19. The lowest BCUT2D eigenvalue weighted by atomic mass is 10.1. The minimum Gasteiger partial charge on any atom is -0.444 e. The summed E-state index contributed by atoms with van der Waals surface area (Å²) in [6, 6.07) is 17.8. The van der Waals surface area contributed by atoms with Gasteiger partial charge in [-0.3, -0.25) is 4.79 Å². The Labute approximate surface area is 200 Å². The monoisotopic (exact) mass is 461 g/mol. The van der Waals surface area contributed by atoms with Gasteiger partial charge < -0.3 is 20.7 Å². The second-order valence-corrected chi connectivity index (χ2v) is 9.06. The SMILES string of the molecule is Cc1cc(C)nc(Nc2cccc(NC(=O)C(Cc3ccccc3)NC(=O)OC(C)(C)C)c2)n1. The molecule has 8 nitrogen and oxygen atoms in total. The van der Waals surface area contributed by atoms with Crippen molar-refractivity contribution in [1.82, 2.24) is 15.3 Å². The van der Waals surface area contributed by atoms with Gasteiger partial charge in [0.15, 0.2) is 0 Å². The van der Waals surface area contributed by atoms with Gasteiger partial charge in [-0.05, 0) is 64.4 Å². The molecule has 34 heavy (non-hydrogen) atoms. The van der Waals surface area contributed by atoms with E-state index < -0.39 is 17.7 Å². The summed E-state index contributed by atoms with van der Waals surface area (Å²) in [5, 5.41) is 8.75. The number of nitrogens with zero attached hydrogens (tertiary/aromatic N) is 2. The highest BCUT2D eigenvalue weighted by Gasteiger charge is 2.25. The third-order valence-electron chi connectivity index (χ3n) is 4.66. The summed E-state index contributed by atoms with van der Waals surface area (Å²) in [5.74, 6) is 0.129. The number of alkyl carbamates (subject to hydrolysis) is 1. The van der Waals surface area contributed by atoms with Gasteiger partial charge in [0.05, 0.1) is 0 Å². The minimum absolute atomic E-state index is 0.320. The van der Waals surface area contributed by atoms with Crippen molar-refractivity contribution >= 4 is 29.3 Å². The average molecular weight is 462 g/mol. The molecule has 0 saturated carbocycles. The van der Waals surface area contributed by atoms with Gasteiger partial charge >= 0.3 is 6.09 Å². The van der Waals surface area contributed by atoms with Crippen LogP contribution in [0.4, 0.5) is 22.1 Å². The molecule has 178 valence electrons. The molecule has 8 heteroatoms. The van der Waals surface area contributed by atoms with Crippen molar-refractivity contribution < 1.29 is 14.3 Å². The van der Waals surface area contributed by atoms with E-state index in [2.05, 4.69) is 25.9 Å². The highest BCUT2D eigenvalue weighted by atomic mass is 16.6. The Hall–Kier alpha value is -3.94. The fourth-order valence-corrected chi connectivity index (χ4v) is 3.32. The van der Waals surface area contributed by atoms with Gasteiger partial charge in [0.25, 0.3) is 0 Å². The first-order valence-corrected chi connectivity index (χ1v) is 11.1. The Morgan fingerprint density at radius 3 is 2.21 bits per heavy atom. The summed E-state index contributed by atoms with van der Waals surface area (Å²) >= 11 is 0. The molecule has 3 aromatic rings. The van der Waals surface area contributed by atoms with E-state index in [-0.39, 0.29) is 5.91 Å². The Bertz CT molecular complexity index is 1120. The van der Waals surface area contributed by atoms with Crippen molar-refractivity contribution in [3.05, 3.63) is 77.6 Å². The smallest absolute Gasteiger partial charge is 0.408 e. The van der Waals surface area contributed by atoms with Gasteiger partial charge in [0.1, 0.15) is 11.6 Å². The van der Waals surface area contributed by atoms with Crippen LogP contribution in [0.5, 0.6) is 0 Å². The maximum Gasteiger partial charge on any atom is 0.408 e. The van der Waals surface area contributed by atoms with E-state index in [1.54, 1.807) is 32.9 Å². The van der Waals surface area contributed by atoms with Crippen LogP contribution in [0.2, 0.25) is 0 Å². The van der Waals surface area contributed by atoms with Crippen molar-refractivity contribution in [1.29, 1.82) is 0 Å². The lowest BCUT2D eigenvalue weighted by molar-refractivity contribution is -0.118. The Morgan fingerprint density at radius 2 is 1.56 bits per heavy atom. The largest absolute Gasteiger partial charge is 0.444 e. The van der Waals surface area contributed by atoms with Crippen LogP contribution in [0, 0.1) is 13.8 Å². The minimum atomic E-state index is -0.823. The Balaban J connectivity index is 1.74. The molecule has 3 rings (SSSR count). The molecule has 0 aliphatic rings. The van der Waals surface area contributed by atoms with Crippen LogP contribution < -0.4 is 16.0 Å². The molecule has 0 bridgehead atoms. The molecular formula is C26H31N5O3. The first-order valence-electron chi connectivity index (χ1n) is 11.1. The van der Waals surface area contributed by atoms with E-state index in [9.17, 15) is 9.59 Å². The topological polar surface area (TPSA) is 105 Å². The van der Waals surface area contributed by atoms with E-state index in [4.69, 9.17) is 4.74 Å². The summed E-state index contributed by atoms with van der Waals surface area (Å²) in [6.07, 6.45) is -0.328. The van der Waals surface area contributed by atoms with Crippen LogP contribution in [-0.4, -0.2) is 33.6 Å². The fraction of sp³-hybridized carbons (Fsp3) is 0.308. The molecule has 3 N–H and O–H groups in total. The number of carbonyl (C=O) groups excluding carboxylic acids is 2. The maximum absolute atomic E-state index is 13.2. The molecular weight excluding hydrogens is 430 g/mol. The second-order valence-electron chi connectivity index (χ2n) is 9.06. The molecule has 1 aromatic heterocycles. The van der Waals surface area contributed by atoms with E-state index in [1.165, 1.54) is 0 Å². The zero-order valence-corrected chi connectivity index (χ0v) is 20.2. The third-order valence-corrected chi connectivity index (χ3v) is 4.66. The molecule has 1 atom stereocenters. The number of hydrogen-bond donors (Lipinski definition) is 3. The van der Waals surface area contributed by atoms with Gasteiger partial charge in [0, 0.05) is 29.2 Å². The number of rotatable bonds is 7. The quantitative estimate of drug-likeness (QED) is 0.462. The summed E-state index contributed by atoms with van der Waals surface area (Å²) in [4.78, 5) is 34.3. The van der Waals surface area contributed by atoms with Crippen LogP contribution in [0.1, 0.15) is 37.7 Å². The number of amides is 2. The summed E-state index contributed by atoms with van der Waals surface area (Å²) in [5.41, 5.74) is 3.26. The predicted octanol–water partition coefficient (Wildman–Crippen LogP) is 4.91. The van der Waals surface area contributed by atoms with Crippen molar-refractivity contribution in [2.24, 2.45) is 0 Å². The van der Waals surface area contributed by atoms with Crippen molar-refractivity contribution in [3.63, 3.8) is 0 Å². The molecule has 0 spiro atoms. The Kier molecular flexibility index (Phi) is 7.83. The van der Waals surface area contributed by atoms with Gasteiger partial charge in [-0.25, -0.2) is 14.8 Å². The first kappa shape index (κ1) is 24.7. The normalized spacial score (nSPS) is 11.9. The molecule has 1 unspecified atom stereocenters. The number of nitrogens with one attached hydrogen (secondary N) is 3. The second kappa shape index (κ2) is 10.8. The molecule has 0 aliphatic carbocycles. The van der Waals surface area contributed by atoms with Gasteiger partial charge in [-0.1, -0.05) is 36.4 Å². The lowest BCUT2D eigenvalue weighted by Crippen LogP contribution is -2.47. The number of carbonyl (C=O) groups is 2. The molecule has 0 radical (unpaired) electrons.